The summed E-state index contributed by atoms with van der Waals surface area (Å²) in [5.74, 6) is 0.148. The fourth-order valence-corrected chi connectivity index (χ4v) is 2.56. The molecule has 0 aliphatic carbocycles. The van der Waals surface area contributed by atoms with Crippen molar-refractivity contribution >= 4 is 10.0 Å². The molecule has 0 aliphatic heterocycles. The fraction of sp³-hybridized carbons (Fsp3) is 0.545. The summed E-state index contributed by atoms with van der Waals surface area (Å²) in [4.78, 5) is 13.7. The number of hydrogen-bond donors (Lipinski definition) is 3. The van der Waals surface area contributed by atoms with Crippen molar-refractivity contribution in [1.29, 1.82) is 0 Å². The highest BCUT2D eigenvalue weighted by atomic mass is 32.2. The summed E-state index contributed by atoms with van der Waals surface area (Å²) in [6.45, 7) is 2.22. The van der Waals surface area contributed by atoms with E-state index in [1.807, 2.05) is 6.92 Å². The fourth-order valence-electron chi connectivity index (χ4n) is 1.44. The van der Waals surface area contributed by atoms with E-state index in [4.69, 9.17) is 5.11 Å². The van der Waals surface area contributed by atoms with Crippen LogP contribution in [0.1, 0.15) is 19.8 Å². The van der Waals surface area contributed by atoms with Crippen molar-refractivity contribution in [2.45, 2.75) is 24.7 Å². The molecule has 0 aromatic carbocycles. The Kier molecular flexibility index (Phi) is 5.52. The smallest absolute Gasteiger partial charge is 0.245 e. The van der Waals surface area contributed by atoms with Gasteiger partial charge in [-0.2, -0.15) is 0 Å². The summed E-state index contributed by atoms with van der Waals surface area (Å²) >= 11 is 0. The molecule has 6 nitrogen and oxygen atoms in total. The highest BCUT2D eigenvalue weighted by molar-refractivity contribution is 7.89. The number of aliphatic hydroxyl groups is 1. The monoisotopic (exact) mass is 274 g/mol. The Bertz CT molecular complexity index is 524. The molecule has 1 aromatic heterocycles. The Hall–Kier alpha value is -1.18. The van der Waals surface area contributed by atoms with E-state index >= 15 is 0 Å². The molecule has 0 amide bonds. The van der Waals surface area contributed by atoms with Crippen molar-refractivity contribution in [2.24, 2.45) is 5.92 Å². The number of aromatic nitrogens is 1. The van der Waals surface area contributed by atoms with Crippen LogP contribution in [0.5, 0.6) is 0 Å². The molecule has 0 spiro atoms. The molecule has 1 atom stereocenters. The molecule has 1 heterocycles. The van der Waals surface area contributed by atoms with E-state index in [1.54, 1.807) is 0 Å². The van der Waals surface area contributed by atoms with Gasteiger partial charge in [0.25, 0.3) is 0 Å². The molecule has 0 radical (unpaired) electrons. The zero-order chi connectivity index (χ0) is 13.6. The lowest BCUT2D eigenvalue weighted by atomic mass is 10.1. The predicted molar refractivity (Wildman–Crippen MR) is 67.7 cm³/mol. The molecule has 1 rings (SSSR count). The van der Waals surface area contributed by atoms with Crippen molar-refractivity contribution in [1.82, 2.24) is 9.71 Å². The maximum atomic E-state index is 11.8. The molecule has 1 unspecified atom stereocenters. The van der Waals surface area contributed by atoms with Crippen molar-refractivity contribution in [3.05, 3.63) is 28.7 Å². The van der Waals surface area contributed by atoms with Crippen LogP contribution in [-0.2, 0) is 10.0 Å². The van der Waals surface area contributed by atoms with Gasteiger partial charge in [0.15, 0.2) is 0 Å². The first kappa shape index (κ1) is 14.9. The first-order valence-electron chi connectivity index (χ1n) is 5.75. The quantitative estimate of drug-likeness (QED) is 0.612. The number of nitrogens with one attached hydrogen (secondary N) is 2. The normalized spacial score (nSPS) is 13.4. The second-order valence-corrected chi connectivity index (χ2v) is 5.94. The van der Waals surface area contributed by atoms with Crippen molar-refractivity contribution in [3.8, 4) is 0 Å². The van der Waals surface area contributed by atoms with Gasteiger partial charge in [0.05, 0.1) is 0 Å². The van der Waals surface area contributed by atoms with Crippen molar-refractivity contribution < 1.29 is 13.5 Å². The number of sulfonamides is 1. The van der Waals surface area contributed by atoms with Crippen LogP contribution in [0.3, 0.4) is 0 Å². The zero-order valence-corrected chi connectivity index (χ0v) is 11.0. The summed E-state index contributed by atoms with van der Waals surface area (Å²) < 4.78 is 25.9. The Morgan fingerprint density at radius 1 is 1.50 bits per heavy atom. The van der Waals surface area contributed by atoms with E-state index in [-0.39, 0.29) is 24.0 Å². The number of H-pyrrole nitrogens is 1. The Morgan fingerprint density at radius 3 is 2.83 bits per heavy atom. The Labute approximate surface area is 106 Å². The minimum atomic E-state index is -3.75. The molecule has 0 saturated heterocycles. The van der Waals surface area contributed by atoms with Crippen LogP contribution in [0.25, 0.3) is 0 Å². The molecular formula is C11H18N2O4S. The molecule has 102 valence electrons. The minimum Gasteiger partial charge on any atom is -0.396 e. The standard InChI is InChI=1S/C11H18N2O4S/c1-9(8-14)3-2-5-13-18(16,17)11-7-12-6-4-10(11)15/h4,6-7,9,13-14H,2-3,5,8H2,1H3,(H,12,15). The Balaban J connectivity index is 2.57. The van der Waals surface area contributed by atoms with Crippen LogP contribution in [0.15, 0.2) is 28.2 Å². The molecule has 18 heavy (non-hydrogen) atoms. The molecule has 0 fully saturated rings. The third-order valence-corrected chi connectivity index (χ3v) is 4.04. The first-order chi connectivity index (χ1) is 8.47. The van der Waals surface area contributed by atoms with Gasteiger partial charge in [0.2, 0.25) is 15.5 Å². The third kappa shape index (κ3) is 4.25. The van der Waals surface area contributed by atoms with Crippen LogP contribution in [0, 0.1) is 5.92 Å². The third-order valence-electron chi connectivity index (χ3n) is 2.56. The average molecular weight is 274 g/mol. The lowest BCUT2D eigenvalue weighted by Crippen LogP contribution is -2.29. The summed E-state index contributed by atoms with van der Waals surface area (Å²) in [5.41, 5.74) is -0.537. The SMILES string of the molecule is CC(CO)CCCNS(=O)(=O)c1c[nH]ccc1=O. The molecule has 0 saturated carbocycles. The van der Waals surface area contributed by atoms with Crippen molar-refractivity contribution in [2.75, 3.05) is 13.2 Å². The summed E-state index contributed by atoms with van der Waals surface area (Å²) in [6, 6.07) is 1.17. The Morgan fingerprint density at radius 2 is 2.22 bits per heavy atom. The average Bonchev–Trinajstić information content (AvgIpc) is 2.34. The predicted octanol–water partition coefficient (Wildman–Crippen LogP) is 0.0618. The minimum absolute atomic E-state index is 0.0884. The second-order valence-electron chi connectivity index (χ2n) is 4.20. The van der Waals surface area contributed by atoms with Gasteiger partial charge in [-0.05, 0) is 18.8 Å². The lowest BCUT2D eigenvalue weighted by Gasteiger charge is -2.08. The summed E-state index contributed by atoms with van der Waals surface area (Å²) in [5, 5.41) is 8.82. The molecule has 1 aromatic rings. The van der Waals surface area contributed by atoms with Gasteiger partial charge < -0.3 is 10.1 Å². The van der Waals surface area contributed by atoms with Gasteiger partial charge in [-0.25, -0.2) is 13.1 Å². The number of aliphatic hydroxyl groups excluding tert-OH is 1. The van der Waals surface area contributed by atoms with E-state index in [9.17, 15) is 13.2 Å². The number of aromatic amines is 1. The second kappa shape index (κ2) is 6.67. The van der Waals surface area contributed by atoms with Crippen LogP contribution < -0.4 is 10.2 Å². The van der Waals surface area contributed by atoms with Gasteiger partial charge >= 0.3 is 0 Å². The van der Waals surface area contributed by atoms with Gasteiger partial charge in [-0.3, -0.25) is 4.79 Å². The maximum absolute atomic E-state index is 11.8. The molecule has 3 N–H and O–H groups in total. The number of hydrogen-bond acceptors (Lipinski definition) is 4. The van der Waals surface area contributed by atoms with E-state index in [2.05, 4.69) is 9.71 Å². The van der Waals surface area contributed by atoms with Crippen LogP contribution in [0.4, 0.5) is 0 Å². The molecule has 7 heteroatoms. The zero-order valence-electron chi connectivity index (χ0n) is 10.2. The van der Waals surface area contributed by atoms with Crippen LogP contribution in [0.2, 0.25) is 0 Å². The number of rotatable bonds is 7. The number of pyridine rings is 1. The van der Waals surface area contributed by atoms with Gasteiger partial charge in [0, 0.05) is 31.6 Å². The molecular weight excluding hydrogens is 256 g/mol. The summed E-state index contributed by atoms with van der Waals surface area (Å²) in [7, 11) is -3.75. The largest absolute Gasteiger partial charge is 0.396 e. The highest BCUT2D eigenvalue weighted by Crippen LogP contribution is 2.04. The van der Waals surface area contributed by atoms with E-state index in [0.717, 1.165) is 6.42 Å². The topological polar surface area (TPSA) is 99.3 Å². The lowest BCUT2D eigenvalue weighted by molar-refractivity contribution is 0.228. The van der Waals surface area contributed by atoms with E-state index in [1.165, 1.54) is 18.5 Å². The van der Waals surface area contributed by atoms with Crippen LogP contribution in [-0.4, -0.2) is 31.7 Å². The van der Waals surface area contributed by atoms with Gasteiger partial charge in [0.1, 0.15) is 4.90 Å². The maximum Gasteiger partial charge on any atom is 0.245 e. The molecule has 0 bridgehead atoms. The van der Waals surface area contributed by atoms with Gasteiger partial charge in [-0.15, -0.1) is 0 Å². The van der Waals surface area contributed by atoms with Crippen molar-refractivity contribution in [3.63, 3.8) is 0 Å². The summed E-state index contributed by atoms with van der Waals surface area (Å²) in [6.07, 6.45) is 3.89. The van der Waals surface area contributed by atoms with E-state index in [0.29, 0.717) is 6.42 Å². The first-order valence-corrected chi connectivity index (χ1v) is 7.23. The van der Waals surface area contributed by atoms with E-state index < -0.39 is 15.5 Å². The van der Waals surface area contributed by atoms with Crippen LogP contribution >= 0.6 is 0 Å². The van der Waals surface area contributed by atoms with Gasteiger partial charge in [-0.1, -0.05) is 6.92 Å². The highest BCUT2D eigenvalue weighted by Gasteiger charge is 2.16. The molecule has 0 aliphatic rings.